The van der Waals surface area contributed by atoms with Crippen molar-refractivity contribution in [3.8, 4) is 5.75 Å². The lowest BCUT2D eigenvalue weighted by molar-refractivity contribution is -0.137. The fraction of sp³-hybridized carbons (Fsp3) is 0.619. The predicted octanol–water partition coefficient (Wildman–Crippen LogP) is 1.76. The molecule has 2 aliphatic rings. The van der Waals surface area contributed by atoms with Crippen LogP contribution < -0.4 is 10.1 Å². The average molecular weight is 406 g/mol. The summed E-state index contributed by atoms with van der Waals surface area (Å²) in [7, 11) is 0. The monoisotopic (exact) mass is 406 g/mol. The summed E-state index contributed by atoms with van der Waals surface area (Å²) < 4.78 is 21.6. The molecule has 0 bridgehead atoms. The summed E-state index contributed by atoms with van der Waals surface area (Å²) in [5.41, 5.74) is 0.491. The maximum atomic E-state index is 12.1. The second kappa shape index (κ2) is 9.45. The second-order valence-corrected chi connectivity index (χ2v) is 8.25. The van der Waals surface area contributed by atoms with Gasteiger partial charge in [0.2, 0.25) is 0 Å². The highest BCUT2D eigenvalue weighted by molar-refractivity contribution is 5.77. The Balaban J connectivity index is 1.48. The number of amides is 2. The molecule has 1 aromatic rings. The Bertz CT molecular complexity index is 690. The number of alkyl carbamates (subject to hydrolysis) is 1. The summed E-state index contributed by atoms with van der Waals surface area (Å²) in [6.45, 7) is 8.50. The third-order valence-electron chi connectivity index (χ3n) is 4.62. The van der Waals surface area contributed by atoms with Crippen molar-refractivity contribution < 1.29 is 28.5 Å². The lowest BCUT2D eigenvalue weighted by atomic mass is 10.0. The molecule has 3 rings (SSSR count). The molecule has 0 spiro atoms. The van der Waals surface area contributed by atoms with Crippen LogP contribution in [0.25, 0.3) is 0 Å². The Morgan fingerprint density at radius 3 is 2.45 bits per heavy atom. The number of carbonyl (C=O) groups excluding carboxylic acids is 2. The van der Waals surface area contributed by atoms with Gasteiger partial charge in [-0.1, -0.05) is 12.1 Å². The Morgan fingerprint density at radius 2 is 1.86 bits per heavy atom. The number of benzene rings is 1. The molecule has 0 aliphatic carbocycles. The van der Waals surface area contributed by atoms with Crippen LogP contribution in [0.4, 0.5) is 4.79 Å². The van der Waals surface area contributed by atoms with Crippen LogP contribution in [0.1, 0.15) is 26.3 Å². The SMILES string of the molecule is CC(C)(C)OC(=O)N[C@@H](Cc1ccc(OCC(=O)N2CCOCC2)cc1)[C@H]1CO1. The number of rotatable bonds is 7. The molecule has 2 amide bonds. The van der Waals surface area contributed by atoms with Crippen molar-refractivity contribution in [1.29, 1.82) is 0 Å². The fourth-order valence-corrected chi connectivity index (χ4v) is 3.05. The number of ether oxygens (including phenoxy) is 4. The van der Waals surface area contributed by atoms with Crippen molar-refractivity contribution in [2.75, 3.05) is 39.5 Å². The Morgan fingerprint density at radius 1 is 1.21 bits per heavy atom. The highest BCUT2D eigenvalue weighted by Gasteiger charge is 2.35. The zero-order valence-corrected chi connectivity index (χ0v) is 17.3. The third-order valence-corrected chi connectivity index (χ3v) is 4.62. The first-order valence-electron chi connectivity index (χ1n) is 9.98. The van der Waals surface area contributed by atoms with Gasteiger partial charge in [0.1, 0.15) is 17.5 Å². The van der Waals surface area contributed by atoms with E-state index in [1.54, 1.807) is 4.90 Å². The number of epoxide rings is 1. The average Bonchev–Trinajstić information content (AvgIpc) is 3.51. The number of nitrogens with one attached hydrogen (secondary N) is 1. The highest BCUT2D eigenvalue weighted by Crippen LogP contribution is 2.20. The van der Waals surface area contributed by atoms with E-state index in [2.05, 4.69) is 5.32 Å². The number of nitrogens with zero attached hydrogens (tertiary/aromatic N) is 1. The molecule has 2 aliphatic heterocycles. The lowest BCUT2D eigenvalue weighted by Crippen LogP contribution is -2.43. The Hall–Kier alpha value is -2.32. The lowest BCUT2D eigenvalue weighted by Gasteiger charge is -2.26. The van der Waals surface area contributed by atoms with Gasteiger partial charge in [0.15, 0.2) is 6.61 Å². The fourth-order valence-electron chi connectivity index (χ4n) is 3.05. The van der Waals surface area contributed by atoms with Crippen molar-refractivity contribution in [2.24, 2.45) is 0 Å². The molecule has 8 heteroatoms. The molecule has 0 saturated carbocycles. The Labute approximate surface area is 171 Å². The zero-order valence-electron chi connectivity index (χ0n) is 17.3. The van der Waals surface area contributed by atoms with Gasteiger partial charge >= 0.3 is 6.09 Å². The molecule has 0 aromatic heterocycles. The first-order valence-corrected chi connectivity index (χ1v) is 9.98. The van der Waals surface area contributed by atoms with Crippen LogP contribution in [-0.2, 0) is 25.4 Å². The van der Waals surface area contributed by atoms with Crippen LogP contribution >= 0.6 is 0 Å². The number of morpholine rings is 1. The van der Waals surface area contributed by atoms with Crippen LogP contribution in [0.5, 0.6) is 5.75 Å². The topological polar surface area (TPSA) is 89.6 Å². The minimum Gasteiger partial charge on any atom is -0.484 e. The van der Waals surface area contributed by atoms with Gasteiger partial charge in [0, 0.05) is 13.1 Å². The first-order chi connectivity index (χ1) is 13.8. The van der Waals surface area contributed by atoms with Gasteiger partial charge in [-0.25, -0.2) is 4.79 Å². The van der Waals surface area contributed by atoms with E-state index in [4.69, 9.17) is 18.9 Å². The van der Waals surface area contributed by atoms with E-state index in [-0.39, 0.29) is 24.7 Å². The van der Waals surface area contributed by atoms with Crippen molar-refractivity contribution in [3.63, 3.8) is 0 Å². The summed E-state index contributed by atoms with van der Waals surface area (Å²) in [6, 6.07) is 7.38. The quantitative estimate of drug-likeness (QED) is 0.694. The maximum absolute atomic E-state index is 12.1. The van der Waals surface area contributed by atoms with Crippen LogP contribution in [0.2, 0.25) is 0 Å². The van der Waals surface area contributed by atoms with E-state index in [0.29, 0.717) is 45.1 Å². The van der Waals surface area contributed by atoms with Crippen LogP contribution in [0.15, 0.2) is 24.3 Å². The molecule has 1 N–H and O–H groups in total. The molecule has 0 unspecified atom stereocenters. The van der Waals surface area contributed by atoms with Crippen LogP contribution in [-0.4, -0.2) is 74.2 Å². The van der Waals surface area contributed by atoms with E-state index in [1.807, 2.05) is 45.0 Å². The van der Waals surface area contributed by atoms with Gasteiger partial charge < -0.3 is 29.2 Å². The minimum absolute atomic E-state index is 0.00425. The summed E-state index contributed by atoms with van der Waals surface area (Å²) in [5.74, 6) is 0.597. The number of carbonyl (C=O) groups is 2. The number of hydrogen-bond acceptors (Lipinski definition) is 6. The summed E-state index contributed by atoms with van der Waals surface area (Å²) >= 11 is 0. The highest BCUT2D eigenvalue weighted by atomic mass is 16.6. The van der Waals surface area contributed by atoms with E-state index in [1.165, 1.54) is 0 Å². The molecule has 29 heavy (non-hydrogen) atoms. The first kappa shape index (κ1) is 21.4. The van der Waals surface area contributed by atoms with Gasteiger partial charge in [0.25, 0.3) is 5.91 Å². The minimum atomic E-state index is -0.545. The van der Waals surface area contributed by atoms with Crippen LogP contribution in [0.3, 0.4) is 0 Å². The van der Waals surface area contributed by atoms with Gasteiger partial charge in [-0.3, -0.25) is 4.79 Å². The van der Waals surface area contributed by atoms with E-state index < -0.39 is 11.7 Å². The van der Waals surface area contributed by atoms with E-state index in [9.17, 15) is 9.59 Å². The van der Waals surface area contributed by atoms with Gasteiger partial charge in [-0.05, 0) is 44.9 Å². The standard InChI is InChI=1S/C21H30N2O6/c1-21(2,3)29-20(25)22-17(18-13-28-18)12-15-4-6-16(7-5-15)27-14-19(24)23-8-10-26-11-9-23/h4-7,17-18H,8-14H2,1-3H3,(H,22,25)/t17-,18+/m0/s1. The van der Waals surface area contributed by atoms with Crippen molar-refractivity contribution >= 4 is 12.0 Å². The molecule has 2 saturated heterocycles. The largest absolute Gasteiger partial charge is 0.484 e. The zero-order chi connectivity index (χ0) is 20.9. The van der Waals surface area contributed by atoms with E-state index >= 15 is 0 Å². The van der Waals surface area contributed by atoms with Crippen LogP contribution in [0, 0.1) is 0 Å². The van der Waals surface area contributed by atoms with Crippen molar-refractivity contribution in [1.82, 2.24) is 10.2 Å². The Kier molecular flexibility index (Phi) is 6.97. The van der Waals surface area contributed by atoms with E-state index in [0.717, 1.165) is 5.56 Å². The molecule has 2 fully saturated rings. The molecule has 8 nitrogen and oxygen atoms in total. The summed E-state index contributed by atoms with van der Waals surface area (Å²) in [6.07, 6.45) is 0.181. The van der Waals surface area contributed by atoms with Gasteiger partial charge in [-0.2, -0.15) is 0 Å². The molecule has 1 aromatic carbocycles. The third kappa shape index (κ3) is 7.21. The van der Waals surface area contributed by atoms with Gasteiger partial charge in [-0.15, -0.1) is 0 Å². The second-order valence-electron chi connectivity index (χ2n) is 8.25. The van der Waals surface area contributed by atoms with Crippen molar-refractivity contribution in [2.45, 2.75) is 44.9 Å². The maximum Gasteiger partial charge on any atom is 0.407 e. The van der Waals surface area contributed by atoms with Crippen molar-refractivity contribution in [3.05, 3.63) is 29.8 Å². The summed E-state index contributed by atoms with van der Waals surface area (Å²) in [4.78, 5) is 26.0. The molecular formula is C21H30N2O6. The molecule has 160 valence electrons. The molecule has 0 radical (unpaired) electrons. The smallest absolute Gasteiger partial charge is 0.407 e. The molecular weight excluding hydrogens is 376 g/mol. The van der Waals surface area contributed by atoms with Gasteiger partial charge in [0.05, 0.1) is 25.9 Å². The molecule has 2 heterocycles. The normalized spacial score (nSPS) is 20.0. The number of hydrogen-bond donors (Lipinski definition) is 1. The molecule has 2 atom stereocenters. The predicted molar refractivity (Wildman–Crippen MR) is 106 cm³/mol. The summed E-state index contributed by atoms with van der Waals surface area (Å²) in [5, 5.41) is 2.90.